The molecule has 0 radical (unpaired) electrons. The second kappa shape index (κ2) is 7.38. The van der Waals surface area contributed by atoms with E-state index in [9.17, 15) is 14.3 Å². The van der Waals surface area contributed by atoms with Crippen molar-refractivity contribution in [1.29, 1.82) is 0 Å². The molecular weight excluding hydrogens is 318 g/mol. The monoisotopic (exact) mass is 338 g/mol. The lowest BCUT2D eigenvalue weighted by atomic mass is 9.92. The Kier molecular flexibility index (Phi) is 7.06. The van der Waals surface area contributed by atoms with Gasteiger partial charge in [-0.05, 0) is 32.9 Å². The molecule has 1 aliphatic rings. The Labute approximate surface area is 136 Å². The molecule has 7 heteroatoms. The number of halogens is 3. The van der Waals surface area contributed by atoms with Gasteiger partial charge >= 0.3 is 5.97 Å². The van der Waals surface area contributed by atoms with Crippen LogP contribution < -0.4 is 0 Å². The van der Waals surface area contributed by atoms with Gasteiger partial charge in [0.1, 0.15) is 5.82 Å². The second-order valence-electron chi connectivity index (χ2n) is 6.03. The summed E-state index contributed by atoms with van der Waals surface area (Å²) in [4.78, 5) is 17.6. The van der Waals surface area contributed by atoms with Gasteiger partial charge < -0.3 is 5.11 Å². The first-order valence-corrected chi connectivity index (χ1v) is 6.38. The minimum Gasteiger partial charge on any atom is -0.481 e. The maximum atomic E-state index is 12.9. The number of carbonyl (C=O) groups is 1. The third-order valence-corrected chi connectivity index (χ3v) is 3.72. The van der Waals surface area contributed by atoms with Crippen molar-refractivity contribution in [3.05, 3.63) is 29.8 Å². The molecule has 120 valence electrons. The van der Waals surface area contributed by atoms with Crippen molar-refractivity contribution in [3.8, 4) is 0 Å². The summed E-state index contributed by atoms with van der Waals surface area (Å²) in [5.74, 6) is -1.89. The molecule has 1 aromatic rings. The largest absolute Gasteiger partial charge is 0.481 e. The summed E-state index contributed by atoms with van der Waals surface area (Å²) in [7, 11) is 0. The highest BCUT2D eigenvalue weighted by molar-refractivity contribution is 5.85. The first kappa shape index (κ1) is 20.1. The van der Waals surface area contributed by atoms with Gasteiger partial charge in [0, 0.05) is 30.2 Å². The zero-order valence-electron chi connectivity index (χ0n) is 12.2. The molecule has 0 amide bonds. The molecule has 1 aromatic heterocycles. The zero-order valence-corrected chi connectivity index (χ0v) is 13.9. The molecule has 2 heterocycles. The van der Waals surface area contributed by atoms with Crippen LogP contribution in [0.1, 0.15) is 32.4 Å². The minimum absolute atomic E-state index is 0. The molecule has 0 bridgehead atoms. The summed E-state index contributed by atoms with van der Waals surface area (Å²) in [6.45, 7) is 7.33. The Morgan fingerprint density at radius 2 is 1.95 bits per heavy atom. The number of carboxylic acids is 1. The van der Waals surface area contributed by atoms with Gasteiger partial charge in [-0.2, -0.15) is 0 Å². The molecular formula is C14H21Cl2FN2O2. The quantitative estimate of drug-likeness (QED) is 0.900. The van der Waals surface area contributed by atoms with E-state index in [1.807, 2.05) is 0 Å². The van der Waals surface area contributed by atoms with E-state index in [1.54, 1.807) is 6.07 Å². The molecule has 0 unspecified atom stereocenters. The van der Waals surface area contributed by atoms with Crippen LogP contribution in [0.3, 0.4) is 0 Å². The Hall–Kier alpha value is -0.910. The Morgan fingerprint density at radius 3 is 2.38 bits per heavy atom. The molecule has 1 N–H and O–H groups in total. The summed E-state index contributed by atoms with van der Waals surface area (Å²) in [5, 5.41) is 9.35. The number of carboxylic acid groups (broad SMARTS) is 1. The van der Waals surface area contributed by atoms with Crippen LogP contribution in [-0.4, -0.2) is 39.6 Å². The average Bonchev–Trinajstić information content (AvgIpc) is 2.74. The number of pyridine rings is 1. The predicted octanol–water partition coefficient (Wildman–Crippen LogP) is 2.96. The standard InChI is InChI=1S/C14H19FN2O2.2ClH/c1-14(2,3)17-7-10(11(8-17)13(18)19)12-5-4-9(15)6-16-12;;/h4-6,10-11H,7-8H2,1-3H3,(H,18,19);2*1H/t10-,11-;;/m0../s1. The summed E-state index contributed by atoms with van der Waals surface area (Å²) in [5.41, 5.74) is 0.572. The van der Waals surface area contributed by atoms with E-state index in [0.29, 0.717) is 18.8 Å². The van der Waals surface area contributed by atoms with E-state index in [2.05, 4.69) is 30.7 Å². The molecule has 0 aliphatic carbocycles. The molecule has 1 saturated heterocycles. The van der Waals surface area contributed by atoms with Crippen molar-refractivity contribution < 1.29 is 14.3 Å². The van der Waals surface area contributed by atoms with Crippen LogP contribution >= 0.6 is 24.8 Å². The van der Waals surface area contributed by atoms with Gasteiger partial charge in [-0.15, -0.1) is 24.8 Å². The zero-order chi connectivity index (χ0) is 14.2. The van der Waals surface area contributed by atoms with Crippen LogP contribution in [0.4, 0.5) is 4.39 Å². The molecule has 1 fully saturated rings. The van der Waals surface area contributed by atoms with E-state index < -0.39 is 17.7 Å². The van der Waals surface area contributed by atoms with E-state index in [4.69, 9.17) is 0 Å². The number of nitrogens with zero attached hydrogens (tertiary/aromatic N) is 2. The highest BCUT2D eigenvalue weighted by atomic mass is 35.5. The molecule has 2 atom stereocenters. The maximum absolute atomic E-state index is 12.9. The Bertz CT molecular complexity index is 477. The normalized spacial score (nSPS) is 22.3. The van der Waals surface area contributed by atoms with Gasteiger partial charge in [0.2, 0.25) is 0 Å². The van der Waals surface area contributed by atoms with Crippen molar-refractivity contribution in [2.45, 2.75) is 32.2 Å². The SMILES string of the molecule is CC(C)(C)N1C[C@H](C(=O)O)[C@@H](c2ccc(F)cn2)C1.Cl.Cl. The van der Waals surface area contributed by atoms with Gasteiger partial charge in [-0.25, -0.2) is 4.39 Å². The fourth-order valence-corrected chi connectivity index (χ4v) is 2.51. The maximum Gasteiger partial charge on any atom is 0.308 e. The Balaban J connectivity index is 0.00000200. The third kappa shape index (κ3) is 4.53. The summed E-state index contributed by atoms with van der Waals surface area (Å²) < 4.78 is 12.9. The summed E-state index contributed by atoms with van der Waals surface area (Å²) in [6.07, 6.45) is 1.15. The van der Waals surface area contributed by atoms with E-state index in [1.165, 1.54) is 6.07 Å². The highest BCUT2D eigenvalue weighted by Gasteiger charge is 2.42. The van der Waals surface area contributed by atoms with Crippen molar-refractivity contribution in [2.24, 2.45) is 5.92 Å². The first-order valence-electron chi connectivity index (χ1n) is 6.38. The predicted molar refractivity (Wildman–Crippen MR) is 83.9 cm³/mol. The van der Waals surface area contributed by atoms with Crippen LogP contribution in [0.25, 0.3) is 0 Å². The molecule has 2 rings (SSSR count). The molecule has 4 nitrogen and oxygen atoms in total. The first-order chi connectivity index (χ1) is 8.79. The van der Waals surface area contributed by atoms with Crippen molar-refractivity contribution >= 4 is 30.8 Å². The van der Waals surface area contributed by atoms with Crippen LogP contribution in [0.2, 0.25) is 0 Å². The van der Waals surface area contributed by atoms with E-state index in [-0.39, 0.29) is 36.3 Å². The molecule has 1 aliphatic heterocycles. The molecule has 0 saturated carbocycles. The number of hydrogen-bond acceptors (Lipinski definition) is 3. The van der Waals surface area contributed by atoms with Gasteiger partial charge in [-0.1, -0.05) is 0 Å². The number of likely N-dealkylation sites (tertiary alicyclic amines) is 1. The lowest BCUT2D eigenvalue weighted by molar-refractivity contribution is -0.141. The van der Waals surface area contributed by atoms with Crippen LogP contribution in [-0.2, 0) is 4.79 Å². The average molecular weight is 339 g/mol. The molecule has 0 aromatic carbocycles. The van der Waals surface area contributed by atoms with Gasteiger partial charge in [0.25, 0.3) is 0 Å². The van der Waals surface area contributed by atoms with Gasteiger partial charge in [0.15, 0.2) is 0 Å². The van der Waals surface area contributed by atoms with Gasteiger partial charge in [0.05, 0.1) is 12.1 Å². The summed E-state index contributed by atoms with van der Waals surface area (Å²) >= 11 is 0. The number of aromatic nitrogens is 1. The van der Waals surface area contributed by atoms with Crippen LogP contribution in [0.5, 0.6) is 0 Å². The topological polar surface area (TPSA) is 53.4 Å². The number of hydrogen-bond donors (Lipinski definition) is 1. The molecule has 21 heavy (non-hydrogen) atoms. The lowest BCUT2D eigenvalue weighted by Crippen LogP contribution is -2.40. The van der Waals surface area contributed by atoms with Gasteiger partial charge in [-0.3, -0.25) is 14.7 Å². The highest BCUT2D eigenvalue weighted by Crippen LogP contribution is 2.35. The fourth-order valence-electron chi connectivity index (χ4n) is 2.51. The Morgan fingerprint density at radius 1 is 1.33 bits per heavy atom. The van der Waals surface area contributed by atoms with Crippen molar-refractivity contribution in [3.63, 3.8) is 0 Å². The smallest absolute Gasteiger partial charge is 0.308 e. The summed E-state index contributed by atoms with van der Waals surface area (Å²) in [6, 6.07) is 2.92. The van der Waals surface area contributed by atoms with Crippen LogP contribution in [0.15, 0.2) is 18.3 Å². The van der Waals surface area contributed by atoms with E-state index >= 15 is 0 Å². The number of rotatable bonds is 2. The lowest BCUT2D eigenvalue weighted by Gasteiger charge is -2.31. The minimum atomic E-state index is -0.817. The van der Waals surface area contributed by atoms with Crippen LogP contribution in [0, 0.1) is 11.7 Å². The third-order valence-electron chi connectivity index (χ3n) is 3.72. The fraction of sp³-hybridized carbons (Fsp3) is 0.571. The van der Waals surface area contributed by atoms with E-state index in [0.717, 1.165) is 6.20 Å². The van der Waals surface area contributed by atoms with Crippen molar-refractivity contribution in [2.75, 3.05) is 13.1 Å². The molecule has 0 spiro atoms. The van der Waals surface area contributed by atoms with Crippen molar-refractivity contribution in [1.82, 2.24) is 9.88 Å². The number of aliphatic carboxylic acids is 1. The second-order valence-corrected chi connectivity index (χ2v) is 6.03.